The Hall–Kier alpha value is -2.21. The number of aryl methyl sites for hydroxylation is 1. The molecule has 3 aromatic rings. The lowest BCUT2D eigenvalue weighted by molar-refractivity contribution is 0.436. The summed E-state index contributed by atoms with van der Waals surface area (Å²) in [4.78, 5) is 4.07. The Balaban J connectivity index is 2.14. The van der Waals surface area contributed by atoms with Gasteiger partial charge in [-0.3, -0.25) is 0 Å². The van der Waals surface area contributed by atoms with Crippen molar-refractivity contribution in [1.29, 1.82) is 0 Å². The molecule has 3 rings (SSSR count). The lowest BCUT2D eigenvalue weighted by Gasteiger charge is -1.96. The van der Waals surface area contributed by atoms with Crippen LogP contribution in [-0.4, -0.2) is 14.7 Å². The van der Waals surface area contributed by atoms with Crippen molar-refractivity contribution in [2.75, 3.05) is 0 Å². The molecule has 0 bridgehead atoms. The molecule has 0 fully saturated rings. The third kappa shape index (κ3) is 2.18. The van der Waals surface area contributed by atoms with Crippen LogP contribution in [0.4, 0.5) is 11.5 Å². The van der Waals surface area contributed by atoms with E-state index in [0.29, 0.717) is 11.5 Å². The van der Waals surface area contributed by atoms with Crippen molar-refractivity contribution in [3.63, 3.8) is 0 Å². The molecule has 0 spiro atoms. The van der Waals surface area contributed by atoms with E-state index in [1.54, 1.807) is 23.9 Å². The Kier molecular flexibility index (Phi) is 3.23. The number of pyridine rings is 1. The van der Waals surface area contributed by atoms with Crippen molar-refractivity contribution in [2.45, 2.75) is 0 Å². The van der Waals surface area contributed by atoms with E-state index in [9.17, 15) is 5.11 Å². The van der Waals surface area contributed by atoms with Crippen molar-refractivity contribution in [3.8, 4) is 5.88 Å². The average molecular weight is 331 g/mol. The fourth-order valence-electron chi connectivity index (χ4n) is 2.00. The monoisotopic (exact) mass is 330 g/mol. The topological polar surface area (TPSA) is 62.8 Å². The van der Waals surface area contributed by atoms with Gasteiger partial charge < -0.3 is 9.67 Å². The first-order valence-electron chi connectivity index (χ1n) is 5.96. The van der Waals surface area contributed by atoms with Gasteiger partial charge in [-0.05, 0) is 30.3 Å². The van der Waals surface area contributed by atoms with Crippen molar-refractivity contribution < 1.29 is 5.11 Å². The van der Waals surface area contributed by atoms with Crippen LogP contribution in [0.25, 0.3) is 10.9 Å². The maximum absolute atomic E-state index is 10.2. The number of hydrogen-bond donors (Lipinski definition) is 1. The largest absolute Gasteiger partial charge is 0.493 e. The Bertz CT molecular complexity index is 796. The highest BCUT2D eigenvalue weighted by Crippen LogP contribution is 2.39. The lowest BCUT2D eigenvalue weighted by atomic mass is 10.2. The number of aromatic hydroxyl groups is 1. The molecule has 100 valence electrons. The van der Waals surface area contributed by atoms with E-state index < -0.39 is 0 Å². The maximum atomic E-state index is 10.2. The molecule has 0 unspecified atom stereocenters. The van der Waals surface area contributed by atoms with E-state index in [1.807, 2.05) is 30.3 Å². The zero-order valence-corrected chi connectivity index (χ0v) is 12.2. The van der Waals surface area contributed by atoms with Crippen LogP contribution in [0.15, 0.2) is 57.3 Å². The Labute approximate surface area is 123 Å². The van der Waals surface area contributed by atoms with Gasteiger partial charge >= 0.3 is 0 Å². The maximum Gasteiger partial charge on any atom is 0.220 e. The standard InChI is InChI=1S/C14H11BrN4O/c1-19-11-6-5-9(15)8-10(11)13(14(19)20)18-17-12-4-2-3-7-16-12/h2-8,20H,1H3. The van der Waals surface area contributed by atoms with Crippen molar-refractivity contribution in [3.05, 3.63) is 47.1 Å². The zero-order chi connectivity index (χ0) is 14.1. The van der Waals surface area contributed by atoms with Gasteiger partial charge in [0.05, 0.1) is 5.52 Å². The molecular formula is C14H11BrN4O. The summed E-state index contributed by atoms with van der Waals surface area (Å²) in [5.41, 5.74) is 1.33. The second-order valence-corrected chi connectivity index (χ2v) is 5.20. The first-order chi connectivity index (χ1) is 9.66. The number of aromatic nitrogens is 2. The van der Waals surface area contributed by atoms with Crippen LogP contribution in [-0.2, 0) is 7.05 Å². The quantitative estimate of drug-likeness (QED) is 0.705. The molecule has 6 heteroatoms. The fourth-order valence-corrected chi connectivity index (χ4v) is 2.36. The molecule has 2 aromatic heterocycles. The molecule has 0 radical (unpaired) electrons. The third-order valence-electron chi connectivity index (χ3n) is 3.01. The van der Waals surface area contributed by atoms with Crippen LogP contribution in [0.1, 0.15) is 0 Å². The minimum Gasteiger partial charge on any atom is -0.493 e. The molecule has 1 N–H and O–H groups in total. The van der Waals surface area contributed by atoms with Crippen LogP contribution in [0, 0.1) is 0 Å². The highest BCUT2D eigenvalue weighted by molar-refractivity contribution is 9.10. The van der Waals surface area contributed by atoms with Crippen LogP contribution < -0.4 is 0 Å². The molecule has 0 aliphatic carbocycles. The Morgan fingerprint density at radius 2 is 2.05 bits per heavy atom. The van der Waals surface area contributed by atoms with E-state index in [-0.39, 0.29) is 5.88 Å². The van der Waals surface area contributed by atoms with Gasteiger partial charge in [-0.2, -0.15) is 0 Å². The molecule has 0 aliphatic rings. The Morgan fingerprint density at radius 3 is 2.80 bits per heavy atom. The number of nitrogens with zero attached hydrogens (tertiary/aromatic N) is 4. The van der Waals surface area contributed by atoms with Crippen LogP contribution in [0.3, 0.4) is 0 Å². The van der Waals surface area contributed by atoms with Crippen LogP contribution >= 0.6 is 15.9 Å². The summed E-state index contributed by atoms with van der Waals surface area (Å²) in [6.07, 6.45) is 1.65. The summed E-state index contributed by atoms with van der Waals surface area (Å²) >= 11 is 3.42. The SMILES string of the molecule is Cn1c(O)c(N=Nc2ccccn2)c2cc(Br)ccc21. The highest BCUT2D eigenvalue weighted by atomic mass is 79.9. The minimum atomic E-state index is 0.0813. The average Bonchev–Trinajstić information content (AvgIpc) is 2.70. The molecular weight excluding hydrogens is 320 g/mol. The van der Waals surface area contributed by atoms with Gasteiger partial charge in [-0.25, -0.2) is 4.98 Å². The van der Waals surface area contributed by atoms with E-state index in [2.05, 4.69) is 31.1 Å². The number of azo groups is 1. The number of halogens is 1. The van der Waals surface area contributed by atoms with Gasteiger partial charge in [-0.1, -0.05) is 22.0 Å². The summed E-state index contributed by atoms with van der Waals surface area (Å²) in [6.45, 7) is 0. The first-order valence-corrected chi connectivity index (χ1v) is 6.76. The lowest BCUT2D eigenvalue weighted by Crippen LogP contribution is -1.84. The first kappa shape index (κ1) is 12.8. The predicted molar refractivity (Wildman–Crippen MR) is 80.7 cm³/mol. The van der Waals surface area contributed by atoms with Crippen molar-refractivity contribution >= 4 is 38.3 Å². The fraction of sp³-hybridized carbons (Fsp3) is 0.0714. The van der Waals surface area contributed by atoms with Crippen LogP contribution in [0.5, 0.6) is 5.88 Å². The number of fused-ring (bicyclic) bond motifs is 1. The van der Waals surface area contributed by atoms with E-state index >= 15 is 0 Å². The normalized spacial score (nSPS) is 11.5. The van der Waals surface area contributed by atoms with E-state index in [0.717, 1.165) is 15.4 Å². The van der Waals surface area contributed by atoms with Gasteiger partial charge in [-0.15, -0.1) is 10.2 Å². The van der Waals surface area contributed by atoms with E-state index in [1.165, 1.54) is 0 Å². The predicted octanol–water partition coefficient (Wildman–Crippen LogP) is 4.46. The molecule has 0 amide bonds. The summed E-state index contributed by atoms with van der Waals surface area (Å²) in [6, 6.07) is 11.1. The van der Waals surface area contributed by atoms with Crippen molar-refractivity contribution in [2.24, 2.45) is 17.3 Å². The third-order valence-corrected chi connectivity index (χ3v) is 3.50. The second-order valence-electron chi connectivity index (χ2n) is 4.28. The molecule has 1 aromatic carbocycles. The zero-order valence-electron chi connectivity index (χ0n) is 10.7. The number of benzene rings is 1. The number of rotatable bonds is 2. The summed E-state index contributed by atoms with van der Waals surface area (Å²) in [7, 11) is 1.78. The second kappa shape index (κ2) is 5.05. The molecule has 20 heavy (non-hydrogen) atoms. The minimum absolute atomic E-state index is 0.0813. The molecule has 5 nitrogen and oxygen atoms in total. The summed E-state index contributed by atoms with van der Waals surface area (Å²) in [5.74, 6) is 0.580. The molecule has 0 saturated carbocycles. The molecule has 0 saturated heterocycles. The summed E-state index contributed by atoms with van der Waals surface area (Å²) in [5, 5.41) is 19.2. The van der Waals surface area contributed by atoms with Gasteiger partial charge in [0.1, 0.15) is 0 Å². The van der Waals surface area contributed by atoms with Crippen LogP contribution in [0.2, 0.25) is 0 Å². The molecule has 0 aliphatic heterocycles. The Morgan fingerprint density at radius 1 is 1.20 bits per heavy atom. The van der Waals surface area contributed by atoms with Gasteiger partial charge in [0.25, 0.3) is 0 Å². The molecule has 2 heterocycles. The van der Waals surface area contributed by atoms with E-state index in [4.69, 9.17) is 0 Å². The number of hydrogen-bond acceptors (Lipinski definition) is 4. The highest BCUT2D eigenvalue weighted by Gasteiger charge is 2.14. The van der Waals surface area contributed by atoms with Gasteiger partial charge in [0.2, 0.25) is 5.88 Å². The summed E-state index contributed by atoms with van der Waals surface area (Å²) < 4.78 is 2.60. The smallest absolute Gasteiger partial charge is 0.220 e. The van der Waals surface area contributed by atoms with Crippen molar-refractivity contribution in [1.82, 2.24) is 9.55 Å². The van der Waals surface area contributed by atoms with Gasteiger partial charge in [0, 0.05) is 23.1 Å². The molecule has 0 atom stereocenters. The van der Waals surface area contributed by atoms with Gasteiger partial charge in [0.15, 0.2) is 11.5 Å².